The molecule has 2 aromatic rings. The standard InChI is InChI=1S/C14H18N2O2/c1-11-7-14(15-18-11)9-16(2)8-12-3-5-13(10-17)6-4-12/h3-7,17H,8-10H2,1-2H3. The molecule has 0 atom stereocenters. The molecule has 1 heterocycles. The molecule has 4 nitrogen and oxygen atoms in total. The summed E-state index contributed by atoms with van der Waals surface area (Å²) in [6, 6.07) is 9.92. The number of aryl methyl sites for hydroxylation is 1. The molecule has 0 bridgehead atoms. The number of benzene rings is 1. The Hall–Kier alpha value is -1.65. The summed E-state index contributed by atoms with van der Waals surface area (Å²) in [5.74, 6) is 0.839. The molecule has 1 N–H and O–H groups in total. The number of hydrogen-bond acceptors (Lipinski definition) is 4. The Kier molecular flexibility index (Phi) is 4.12. The molecule has 0 aliphatic rings. The highest BCUT2D eigenvalue weighted by Gasteiger charge is 2.05. The van der Waals surface area contributed by atoms with Crippen LogP contribution in [0.25, 0.3) is 0 Å². The third kappa shape index (κ3) is 3.42. The van der Waals surface area contributed by atoms with Crippen LogP contribution in [0.15, 0.2) is 34.9 Å². The van der Waals surface area contributed by atoms with Crippen LogP contribution < -0.4 is 0 Å². The minimum absolute atomic E-state index is 0.0916. The van der Waals surface area contributed by atoms with Crippen molar-refractivity contribution in [1.29, 1.82) is 0 Å². The van der Waals surface area contributed by atoms with Crippen LogP contribution in [0.3, 0.4) is 0 Å². The van der Waals surface area contributed by atoms with Gasteiger partial charge in [0.1, 0.15) is 5.76 Å². The van der Waals surface area contributed by atoms with Gasteiger partial charge in [-0.3, -0.25) is 4.90 Å². The predicted octanol–water partition coefficient (Wildman–Crippen LogP) is 2.11. The van der Waals surface area contributed by atoms with E-state index in [0.717, 1.165) is 30.1 Å². The van der Waals surface area contributed by atoms with Gasteiger partial charge in [0.15, 0.2) is 0 Å². The van der Waals surface area contributed by atoms with Crippen molar-refractivity contribution < 1.29 is 9.63 Å². The van der Waals surface area contributed by atoms with Crippen LogP contribution >= 0.6 is 0 Å². The SMILES string of the molecule is Cc1cc(CN(C)Cc2ccc(CO)cc2)no1. The van der Waals surface area contributed by atoms with E-state index in [1.165, 1.54) is 5.56 Å². The van der Waals surface area contributed by atoms with Crippen LogP contribution in [-0.2, 0) is 19.7 Å². The van der Waals surface area contributed by atoms with Crippen LogP contribution in [0.5, 0.6) is 0 Å². The van der Waals surface area contributed by atoms with Crippen molar-refractivity contribution in [2.75, 3.05) is 7.05 Å². The molecule has 0 aliphatic heterocycles. The lowest BCUT2D eigenvalue weighted by atomic mass is 10.1. The van der Waals surface area contributed by atoms with Gasteiger partial charge in [-0.25, -0.2) is 0 Å². The Morgan fingerprint density at radius 3 is 2.39 bits per heavy atom. The van der Waals surface area contributed by atoms with Gasteiger partial charge in [0.05, 0.1) is 12.3 Å². The van der Waals surface area contributed by atoms with Crippen molar-refractivity contribution in [3.63, 3.8) is 0 Å². The van der Waals surface area contributed by atoms with Gasteiger partial charge in [-0.15, -0.1) is 0 Å². The second kappa shape index (κ2) is 5.80. The van der Waals surface area contributed by atoms with Crippen molar-refractivity contribution in [2.24, 2.45) is 0 Å². The average Bonchev–Trinajstić information content (AvgIpc) is 2.75. The molecule has 0 saturated heterocycles. The molecule has 0 aliphatic carbocycles. The summed E-state index contributed by atoms with van der Waals surface area (Å²) in [6.45, 7) is 3.59. The Morgan fingerprint density at radius 2 is 1.83 bits per heavy atom. The fourth-order valence-electron chi connectivity index (χ4n) is 1.89. The Labute approximate surface area is 107 Å². The maximum atomic E-state index is 8.98. The van der Waals surface area contributed by atoms with E-state index in [2.05, 4.69) is 10.1 Å². The molecule has 1 aromatic carbocycles. The number of nitrogens with zero attached hydrogens (tertiary/aromatic N) is 2. The van der Waals surface area contributed by atoms with Crippen molar-refractivity contribution in [2.45, 2.75) is 26.6 Å². The summed E-state index contributed by atoms with van der Waals surface area (Å²) >= 11 is 0. The van der Waals surface area contributed by atoms with Gasteiger partial charge in [0.2, 0.25) is 0 Å². The van der Waals surface area contributed by atoms with E-state index in [-0.39, 0.29) is 6.61 Å². The van der Waals surface area contributed by atoms with Gasteiger partial charge in [-0.05, 0) is 25.1 Å². The van der Waals surface area contributed by atoms with Crippen LogP contribution in [0.2, 0.25) is 0 Å². The molecule has 96 valence electrons. The zero-order chi connectivity index (χ0) is 13.0. The average molecular weight is 246 g/mol. The number of hydrogen-bond donors (Lipinski definition) is 1. The molecule has 0 saturated carbocycles. The van der Waals surface area contributed by atoms with E-state index in [4.69, 9.17) is 9.63 Å². The monoisotopic (exact) mass is 246 g/mol. The molecule has 0 amide bonds. The zero-order valence-corrected chi connectivity index (χ0v) is 10.8. The van der Waals surface area contributed by atoms with Gasteiger partial charge in [0.25, 0.3) is 0 Å². The number of rotatable bonds is 5. The Bertz CT molecular complexity index is 491. The van der Waals surface area contributed by atoms with E-state index in [1.807, 2.05) is 44.3 Å². The van der Waals surface area contributed by atoms with Crippen molar-refractivity contribution in [3.05, 3.63) is 52.9 Å². The normalized spacial score (nSPS) is 11.1. The van der Waals surface area contributed by atoms with Gasteiger partial charge in [-0.1, -0.05) is 29.4 Å². The molecule has 0 unspecified atom stereocenters. The van der Waals surface area contributed by atoms with Crippen molar-refractivity contribution in [1.82, 2.24) is 10.1 Å². The largest absolute Gasteiger partial charge is 0.392 e. The minimum Gasteiger partial charge on any atom is -0.392 e. The highest BCUT2D eigenvalue weighted by molar-refractivity contribution is 5.21. The van der Waals surface area contributed by atoms with E-state index in [9.17, 15) is 0 Å². The van der Waals surface area contributed by atoms with E-state index < -0.39 is 0 Å². The van der Waals surface area contributed by atoms with Gasteiger partial charge in [-0.2, -0.15) is 0 Å². The fraction of sp³-hybridized carbons (Fsp3) is 0.357. The second-order valence-electron chi connectivity index (χ2n) is 4.58. The number of aromatic nitrogens is 1. The van der Waals surface area contributed by atoms with Crippen LogP contribution in [0.1, 0.15) is 22.6 Å². The fourth-order valence-corrected chi connectivity index (χ4v) is 1.89. The first-order chi connectivity index (χ1) is 8.67. The van der Waals surface area contributed by atoms with Gasteiger partial charge < -0.3 is 9.63 Å². The van der Waals surface area contributed by atoms with Gasteiger partial charge in [0, 0.05) is 19.2 Å². The summed E-state index contributed by atoms with van der Waals surface area (Å²) in [5.41, 5.74) is 3.10. The molecule has 0 fully saturated rings. The van der Waals surface area contributed by atoms with Crippen molar-refractivity contribution in [3.8, 4) is 0 Å². The topological polar surface area (TPSA) is 49.5 Å². The molecular formula is C14H18N2O2. The molecular weight excluding hydrogens is 228 g/mol. The summed E-state index contributed by atoms with van der Waals surface area (Å²) in [7, 11) is 2.05. The smallest absolute Gasteiger partial charge is 0.133 e. The molecule has 0 radical (unpaired) electrons. The van der Waals surface area contributed by atoms with Crippen LogP contribution in [0, 0.1) is 6.92 Å². The van der Waals surface area contributed by atoms with Crippen LogP contribution in [0.4, 0.5) is 0 Å². The lowest BCUT2D eigenvalue weighted by molar-refractivity contribution is 0.281. The maximum Gasteiger partial charge on any atom is 0.133 e. The third-order valence-corrected chi connectivity index (χ3v) is 2.77. The maximum absolute atomic E-state index is 8.98. The second-order valence-corrected chi connectivity index (χ2v) is 4.58. The van der Waals surface area contributed by atoms with E-state index in [0.29, 0.717) is 0 Å². The number of aliphatic hydroxyl groups is 1. The third-order valence-electron chi connectivity index (χ3n) is 2.77. The highest BCUT2D eigenvalue weighted by atomic mass is 16.5. The van der Waals surface area contributed by atoms with Crippen molar-refractivity contribution >= 4 is 0 Å². The molecule has 1 aromatic heterocycles. The van der Waals surface area contributed by atoms with Gasteiger partial charge >= 0.3 is 0 Å². The first kappa shape index (κ1) is 12.8. The summed E-state index contributed by atoms with van der Waals surface area (Å²) in [5, 5.41) is 13.0. The summed E-state index contributed by atoms with van der Waals surface area (Å²) in [4.78, 5) is 2.17. The Balaban J connectivity index is 1.91. The summed E-state index contributed by atoms with van der Waals surface area (Å²) < 4.78 is 5.04. The minimum atomic E-state index is 0.0916. The lowest BCUT2D eigenvalue weighted by Gasteiger charge is -2.15. The first-order valence-corrected chi connectivity index (χ1v) is 5.97. The zero-order valence-electron chi connectivity index (χ0n) is 10.8. The molecule has 2 rings (SSSR count). The number of aliphatic hydroxyl groups excluding tert-OH is 1. The van der Waals surface area contributed by atoms with E-state index >= 15 is 0 Å². The summed E-state index contributed by atoms with van der Waals surface area (Å²) in [6.07, 6.45) is 0. The molecule has 0 spiro atoms. The molecule has 18 heavy (non-hydrogen) atoms. The highest BCUT2D eigenvalue weighted by Crippen LogP contribution is 2.10. The quantitative estimate of drug-likeness (QED) is 0.877. The molecule has 4 heteroatoms. The van der Waals surface area contributed by atoms with Crippen LogP contribution in [-0.4, -0.2) is 22.2 Å². The first-order valence-electron chi connectivity index (χ1n) is 5.97. The lowest BCUT2D eigenvalue weighted by Crippen LogP contribution is -2.17. The predicted molar refractivity (Wildman–Crippen MR) is 68.8 cm³/mol. The Morgan fingerprint density at radius 1 is 1.17 bits per heavy atom. The van der Waals surface area contributed by atoms with E-state index in [1.54, 1.807) is 0 Å².